The molecule has 2 N–H and O–H groups in total. The van der Waals surface area contributed by atoms with Crippen LogP contribution in [0.25, 0.3) is 0 Å². The molecular formula is C15H18N2O2S2. The van der Waals surface area contributed by atoms with Crippen molar-refractivity contribution in [3.63, 3.8) is 0 Å². The zero-order chi connectivity index (χ0) is 15.0. The molecule has 3 rings (SSSR count). The minimum absolute atomic E-state index is 0.133. The summed E-state index contributed by atoms with van der Waals surface area (Å²) in [6.45, 7) is 2.24. The van der Waals surface area contributed by atoms with Gasteiger partial charge in [0.1, 0.15) is 0 Å². The summed E-state index contributed by atoms with van der Waals surface area (Å²) in [6, 6.07) is 9.04. The fourth-order valence-corrected chi connectivity index (χ4v) is 5.07. The molecule has 0 saturated heterocycles. The molecule has 1 aliphatic rings. The summed E-state index contributed by atoms with van der Waals surface area (Å²) in [5, 5.41) is 1.97. The van der Waals surface area contributed by atoms with Gasteiger partial charge in [0, 0.05) is 23.2 Å². The van der Waals surface area contributed by atoms with E-state index in [0.29, 0.717) is 22.7 Å². The Labute approximate surface area is 129 Å². The predicted molar refractivity (Wildman–Crippen MR) is 85.7 cm³/mol. The van der Waals surface area contributed by atoms with E-state index in [2.05, 4.69) is 0 Å². The molecule has 6 heteroatoms. The number of nitrogens with zero attached hydrogens (tertiary/aromatic N) is 1. The van der Waals surface area contributed by atoms with Crippen LogP contribution in [-0.2, 0) is 16.6 Å². The molecule has 0 aliphatic heterocycles. The highest BCUT2D eigenvalue weighted by molar-refractivity contribution is 7.89. The highest BCUT2D eigenvalue weighted by Crippen LogP contribution is 2.35. The zero-order valence-corrected chi connectivity index (χ0v) is 13.5. The van der Waals surface area contributed by atoms with E-state index in [1.807, 2.05) is 17.5 Å². The number of aryl methyl sites for hydroxylation is 1. The molecule has 4 nitrogen and oxygen atoms in total. The first kappa shape index (κ1) is 14.6. The first-order chi connectivity index (χ1) is 9.98. The normalized spacial score (nSPS) is 15.5. The minimum atomic E-state index is -3.48. The second-order valence-electron chi connectivity index (χ2n) is 5.39. The number of hydrogen-bond donors (Lipinski definition) is 1. The molecule has 0 spiro atoms. The van der Waals surface area contributed by atoms with Gasteiger partial charge in [-0.2, -0.15) is 4.31 Å². The van der Waals surface area contributed by atoms with Crippen molar-refractivity contribution in [3.05, 3.63) is 46.2 Å². The van der Waals surface area contributed by atoms with Gasteiger partial charge >= 0.3 is 0 Å². The van der Waals surface area contributed by atoms with E-state index >= 15 is 0 Å². The van der Waals surface area contributed by atoms with E-state index < -0.39 is 10.0 Å². The fourth-order valence-electron chi connectivity index (χ4n) is 2.42. The molecule has 0 unspecified atom stereocenters. The van der Waals surface area contributed by atoms with Crippen LogP contribution in [0.1, 0.15) is 23.3 Å². The Bertz CT molecular complexity index is 735. The van der Waals surface area contributed by atoms with Crippen molar-refractivity contribution in [1.82, 2.24) is 4.31 Å². The molecule has 1 aromatic heterocycles. The molecule has 1 aliphatic carbocycles. The third kappa shape index (κ3) is 2.97. The summed E-state index contributed by atoms with van der Waals surface area (Å²) in [5.74, 6) is 0. The second-order valence-corrected chi connectivity index (χ2v) is 8.28. The van der Waals surface area contributed by atoms with Crippen molar-refractivity contribution in [2.45, 2.75) is 37.2 Å². The van der Waals surface area contributed by atoms with Gasteiger partial charge in [0.2, 0.25) is 10.0 Å². The summed E-state index contributed by atoms with van der Waals surface area (Å²) in [7, 11) is -3.48. The number of rotatable bonds is 5. The van der Waals surface area contributed by atoms with E-state index in [9.17, 15) is 8.42 Å². The van der Waals surface area contributed by atoms with E-state index in [1.165, 1.54) is 0 Å². The highest BCUT2D eigenvalue weighted by Gasteiger charge is 2.38. The highest BCUT2D eigenvalue weighted by atomic mass is 32.2. The van der Waals surface area contributed by atoms with Gasteiger partial charge in [-0.15, -0.1) is 11.3 Å². The fraction of sp³-hybridized carbons (Fsp3) is 0.333. The number of anilines is 1. The molecule has 0 atom stereocenters. The lowest BCUT2D eigenvalue weighted by atomic mass is 10.2. The van der Waals surface area contributed by atoms with Crippen LogP contribution in [0.15, 0.2) is 40.6 Å². The lowest BCUT2D eigenvalue weighted by Gasteiger charge is -2.22. The molecule has 1 aromatic carbocycles. The molecule has 0 amide bonds. The number of nitrogen functional groups attached to an aromatic ring is 1. The van der Waals surface area contributed by atoms with Gasteiger partial charge in [-0.3, -0.25) is 0 Å². The first-order valence-electron chi connectivity index (χ1n) is 6.89. The third-order valence-corrected chi connectivity index (χ3v) is 6.55. The molecule has 0 bridgehead atoms. The summed E-state index contributed by atoms with van der Waals surface area (Å²) in [4.78, 5) is 1.43. The molecule has 0 radical (unpaired) electrons. The van der Waals surface area contributed by atoms with Gasteiger partial charge in [0.25, 0.3) is 0 Å². The lowest BCUT2D eigenvalue weighted by molar-refractivity contribution is 0.401. The monoisotopic (exact) mass is 322 g/mol. The van der Waals surface area contributed by atoms with Gasteiger partial charge in [0.15, 0.2) is 0 Å². The van der Waals surface area contributed by atoms with Gasteiger partial charge in [-0.1, -0.05) is 6.07 Å². The maximum absolute atomic E-state index is 13.0. The minimum Gasteiger partial charge on any atom is -0.399 e. The van der Waals surface area contributed by atoms with Crippen molar-refractivity contribution in [3.8, 4) is 0 Å². The van der Waals surface area contributed by atoms with E-state index in [0.717, 1.165) is 17.7 Å². The number of hydrogen-bond acceptors (Lipinski definition) is 4. The second kappa shape index (κ2) is 5.44. The lowest BCUT2D eigenvalue weighted by Crippen LogP contribution is -2.32. The van der Waals surface area contributed by atoms with Crippen LogP contribution in [0.5, 0.6) is 0 Å². The summed E-state index contributed by atoms with van der Waals surface area (Å²) >= 11 is 1.59. The molecule has 2 aromatic rings. The van der Waals surface area contributed by atoms with Crippen molar-refractivity contribution in [2.24, 2.45) is 0 Å². The van der Waals surface area contributed by atoms with Crippen LogP contribution in [0, 0.1) is 6.92 Å². The maximum Gasteiger partial charge on any atom is 0.243 e. The van der Waals surface area contributed by atoms with Crippen LogP contribution in [0.2, 0.25) is 0 Å². The molecular weight excluding hydrogens is 304 g/mol. The number of benzene rings is 1. The van der Waals surface area contributed by atoms with Crippen LogP contribution in [0.3, 0.4) is 0 Å². The van der Waals surface area contributed by atoms with Crippen LogP contribution in [-0.4, -0.2) is 18.8 Å². The van der Waals surface area contributed by atoms with Crippen LogP contribution < -0.4 is 5.73 Å². The Balaban J connectivity index is 1.97. The SMILES string of the molecule is Cc1cc(N)ccc1S(=O)(=O)N(Cc1cccs1)C1CC1. The Hall–Kier alpha value is -1.37. The Morgan fingerprint density at radius 3 is 2.67 bits per heavy atom. The molecule has 1 fully saturated rings. The predicted octanol–water partition coefficient (Wildman–Crippen LogP) is 2.99. The van der Waals surface area contributed by atoms with Gasteiger partial charge in [-0.25, -0.2) is 8.42 Å². The zero-order valence-electron chi connectivity index (χ0n) is 11.8. The summed E-state index contributed by atoms with van der Waals surface area (Å²) < 4.78 is 27.6. The number of thiophene rings is 1. The third-order valence-electron chi connectivity index (χ3n) is 3.63. The standard InChI is InChI=1S/C15H18N2O2S2/c1-11-9-12(16)4-7-15(11)21(18,19)17(13-5-6-13)10-14-3-2-8-20-14/h2-4,7-9,13H,5-6,10,16H2,1H3. The smallest absolute Gasteiger partial charge is 0.243 e. The Morgan fingerprint density at radius 1 is 1.33 bits per heavy atom. The van der Waals surface area contributed by atoms with Gasteiger partial charge < -0.3 is 5.73 Å². The van der Waals surface area contributed by atoms with E-state index in [1.54, 1.807) is 40.8 Å². The Morgan fingerprint density at radius 2 is 2.10 bits per heavy atom. The van der Waals surface area contributed by atoms with Crippen molar-refractivity contribution < 1.29 is 8.42 Å². The average molecular weight is 322 g/mol. The van der Waals surface area contributed by atoms with Crippen molar-refractivity contribution in [1.29, 1.82) is 0 Å². The largest absolute Gasteiger partial charge is 0.399 e. The van der Waals surface area contributed by atoms with E-state index in [-0.39, 0.29) is 6.04 Å². The van der Waals surface area contributed by atoms with Gasteiger partial charge in [-0.05, 0) is 55.0 Å². The topological polar surface area (TPSA) is 63.4 Å². The van der Waals surface area contributed by atoms with Crippen molar-refractivity contribution >= 4 is 27.0 Å². The first-order valence-corrected chi connectivity index (χ1v) is 9.21. The quantitative estimate of drug-likeness (QED) is 0.861. The van der Waals surface area contributed by atoms with Crippen molar-refractivity contribution in [2.75, 3.05) is 5.73 Å². The summed E-state index contributed by atoms with van der Waals surface area (Å²) in [6.07, 6.45) is 1.89. The molecule has 1 heterocycles. The Kier molecular flexibility index (Phi) is 3.77. The van der Waals surface area contributed by atoms with Crippen LogP contribution >= 0.6 is 11.3 Å². The molecule has 21 heavy (non-hydrogen) atoms. The number of nitrogens with two attached hydrogens (primary N) is 1. The number of sulfonamides is 1. The molecule has 112 valence electrons. The average Bonchev–Trinajstić information content (AvgIpc) is 3.11. The molecule has 1 saturated carbocycles. The van der Waals surface area contributed by atoms with Crippen LogP contribution in [0.4, 0.5) is 5.69 Å². The summed E-state index contributed by atoms with van der Waals surface area (Å²) in [5.41, 5.74) is 7.01. The van der Waals surface area contributed by atoms with E-state index in [4.69, 9.17) is 5.73 Å². The maximum atomic E-state index is 13.0. The van der Waals surface area contributed by atoms with Gasteiger partial charge in [0.05, 0.1) is 4.90 Å².